The van der Waals surface area contributed by atoms with Crippen molar-refractivity contribution in [1.29, 1.82) is 0 Å². The number of nitrogen functional groups attached to an aromatic ring is 1. The van der Waals surface area contributed by atoms with Crippen molar-refractivity contribution in [2.24, 2.45) is 0 Å². The Hall–Kier alpha value is -1.66. The van der Waals surface area contributed by atoms with Crippen LogP contribution in [0, 0.1) is 10.1 Å². The lowest BCUT2D eigenvalue weighted by Crippen LogP contribution is -2.06. The predicted octanol–water partition coefficient (Wildman–Crippen LogP) is 1.22. The van der Waals surface area contributed by atoms with Crippen LogP contribution in [0.2, 0.25) is 0 Å². The fourth-order valence-corrected chi connectivity index (χ4v) is 1.51. The summed E-state index contributed by atoms with van der Waals surface area (Å²) >= 11 is 0. The smallest absolute Gasteiger partial charge is 0.279 e. The van der Waals surface area contributed by atoms with E-state index >= 15 is 0 Å². The number of nitro benzene ring substituents is 1. The highest BCUT2D eigenvalue weighted by Gasteiger charge is 2.28. The van der Waals surface area contributed by atoms with E-state index in [4.69, 9.17) is 15.2 Å². The molecule has 1 fully saturated rings. The lowest BCUT2D eigenvalue weighted by atomic mass is 10.1. The molecule has 1 aliphatic rings. The van der Waals surface area contributed by atoms with Gasteiger partial charge in [-0.3, -0.25) is 10.1 Å². The average molecular weight is 210 g/mol. The Bertz CT molecular complexity index is 388. The maximum absolute atomic E-state index is 10.8. The zero-order valence-corrected chi connectivity index (χ0v) is 7.88. The molecule has 0 aliphatic carbocycles. The Kier molecular flexibility index (Phi) is 2.53. The average Bonchev–Trinajstić information content (AvgIpc) is 2.70. The molecular formula is C9H10N2O4. The van der Waals surface area contributed by atoms with Gasteiger partial charge in [0.2, 0.25) is 0 Å². The van der Waals surface area contributed by atoms with Gasteiger partial charge in [0, 0.05) is 11.8 Å². The molecule has 0 spiro atoms. The molecule has 1 saturated heterocycles. The van der Waals surface area contributed by atoms with E-state index in [9.17, 15) is 10.1 Å². The maximum atomic E-state index is 10.8. The Morgan fingerprint density at radius 2 is 2.07 bits per heavy atom. The highest BCUT2D eigenvalue weighted by molar-refractivity contribution is 5.58. The van der Waals surface area contributed by atoms with Gasteiger partial charge in [-0.2, -0.15) is 0 Å². The van der Waals surface area contributed by atoms with Crippen LogP contribution in [0.25, 0.3) is 0 Å². The molecule has 1 aliphatic heterocycles. The second kappa shape index (κ2) is 3.84. The Labute approximate surface area is 85.7 Å². The summed E-state index contributed by atoms with van der Waals surface area (Å²) in [5.41, 5.74) is 6.23. The largest absolute Gasteiger partial charge is 0.398 e. The van der Waals surface area contributed by atoms with Crippen molar-refractivity contribution in [3.05, 3.63) is 33.9 Å². The van der Waals surface area contributed by atoms with Crippen molar-refractivity contribution >= 4 is 11.4 Å². The molecule has 0 amide bonds. The fourth-order valence-electron chi connectivity index (χ4n) is 1.51. The summed E-state index contributed by atoms with van der Waals surface area (Å²) in [7, 11) is 0. The predicted molar refractivity (Wildman–Crippen MR) is 52.2 cm³/mol. The van der Waals surface area contributed by atoms with Crippen LogP contribution >= 0.6 is 0 Å². The number of nitrogens with zero attached hydrogens (tertiary/aromatic N) is 1. The Morgan fingerprint density at radius 1 is 1.40 bits per heavy atom. The van der Waals surface area contributed by atoms with Crippen LogP contribution < -0.4 is 5.73 Å². The lowest BCUT2D eigenvalue weighted by Gasteiger charge is -2.11. The molecule has 0 unspecified atom stereocenters. The topological polar surface area (TPSA) is 87.6 Å². The van der Waals surface area contributed by atoms with Gasteiger partial charge in [0.05, 0.1) is 18.1 Å². The monoisotopic (exact) mass is 210 g/mol. The Morgan fingerprint density at radius 3 is 2.67 bits per heavy atom. The number of hydrogen-bond donors (Lipinski definition) is 1. The van der Waals surface area contributed by atoms with E-state index in [1.54, 1.807) is 6.07 Å². The molecule has 0 aromatic heterocycles. The fraction of sp³-hybridized carbons (Fsp3) is 0.333. The first-order valence-corrected chi connectivity index (χ1v) is 4.46. The van der Waals surface area contributed by atoms with Gasteiger partial charge in [-0.15, -0.1) is 0 Å². The quantitative estimate of drug-likeness (QED) is 0.450. The number of anilines is 1. The van der Waals surface area contributed by atoms with Gasteiger partial charge in [0.25, 0.3) is 5.69 Å². The SMILES string of the molecule is Nc1cccc([N+](=O)[O-])c1C1OCCO1. The van der Waals surface area contributed by atoms with Crippen LogP contribution in [-0.2, 0) is 9.47 Å². The normalized spacial score (nSPS) is 16.8. The van der Waals surface area contributed by atoms with Gasteiger partial charge in [0.1, 0.15) is 5.56 Å². The molecule has 2 rings (SSSR count). The van der Waals surface area contributed by atoms with Gasteiger partial charge < -0.3 is 15.2 Å². The molecule has 0 saturated carbocycles. The minimum Gasteiger partial charge on any atom is -0.398 e. The number of rotatable bonds is 2. The molecule has 0 bridgehead atoms. The molecule has 1 heterocycles. The Balaban J connectivity index is 2.46. The van der Waals surface area contributed by atoms with Crippen LogP contribution in [0.3, 0.4) is 0 Å². The number of hydrogen-bond acceptors (Lipinski definition) is 5. The molecule has 80 valence electrons. The molecule has 6 heteroatoms. The maximum Gasteiger partial charge on any atom is 0.279 e. The third-order valence-corrected chi connectivity index (χ3v) is 2.17. The second-order valence-corrected chi connectivity index (χ2v) is 3.11. The van der Waals surface area contributed by atoms with E-state index in [-0.39, 0.29) is 5.69 Å². The van der Waals surface area contributed by atoms with Crippen molar-refractivity contribution in [2.75, 3.05) is 18.9 Å². The van der Waals surface area contributed by atoms with E-state index in [1.165, 1.54) is 12.1 Å². The number of benzene rings is 1. The van der Waals surface area contributed by atoms with Gasteiger partial charge in [-0.25, -0.2) is 0 Å². The van der Waals surface area contributed by atoms with E-state index in [2.05, 4.69) is 0 Å². The zero-order chi connectivity index (χ0) is 10.8. The summed E-state index contributed by atoms with van der Waals surface area (Å²) in [6.07, 6.45) is -0.716. The molecular weight excluding hydrogens is 200 g/mol. The van der Waals surface area contributed by atoms with Crippen molar-refractivity contribution < 1.29 is 14.4 Å². The molecule has 1 aromatic carbocycles. The van der Waals surface area contributed by atoms with Crippen LogP contribution in [0.4, 0.5) is 11.4 Å². The molecule has 1 aromatic rings. The lowest BCUT2D eigenvalue weighted by molar-refractivity contribution is -0.386. The molecule has 15 heavy (non-hydrogen) atoms. The summed E-state index contributed by atoms with van der Waals surface area (Å²) in [4.78, 5) is 10.3. The third-order valence-electron chi connectivity index (χ3n) is 2.17. The van der Waals surface area contributed by atoms with Crippen molar-refractivity contribution in [1.82, 2.24) is 0 Å². The molecule has 0 radical (unpaired) electrons. The molecule has 2 N–H and O–H groups in total. The first-order valence-electron chi connectivity index (χ1n) is 4.46. The number of nitro groups is 1. The summed E-state index contributed by atoms with van der Waals surface area (Å²) in [5.74, 6) is 0. The number of ether oxygens (including phenoxy) is 2. The van der Waals surface area contributed by atoms with Gasteiger partial charge in [-0.1, -0.05) is 6.07 Å². The summed E-state index contributed by atoms with van der Waals surface area (Å²) in [6.45, 7) is 0.853. The standard InChI is InChI=1S/C9H10N2O4/c10-6-2-1-3-7(11(12)13)8(6)9-14-4-5-15-9/h1-3,9H,4-5,10H2. The minimum atomic E-state index is -0.716. The highest BCUT2D eigenvalue weighted by Crippen LogP contribution is 2.35. The van der Waals surface area contributed by atoms with E-state index in [0.29, 0.717) is 24.5 Å². The van der Waals surface area contributed by atoms with Crippen LogP contribution in [0.5, 0.6) is 0 Å². The summed E-state index contributed by atoms with van der Waals surface area (Å²) < 4.78 is 10.4. The first kappa shape index (κ1) is 9.88. The van der Waals surface area contributed by atoms with Gasteiger partial charge in [0.15, 0.2) is 6.29 Å². The van der Waals surface area contributed by atoms with Crippen molar-refractivity contribution in [3.8, 4) is 0 Å². The van der Waals surface area contributed by atoms with Crippen LogP contribution in [0.1, 0.15) is 11.9 Å². The zero-order valence-electron chi connectivity index (χ0n) is 7.88. The van der Waals surface area contributed by atoms with Crippen LogP contribution in [0.15, 0.2) is 18.2 Å². The van der Waals surface area contributed by atoms with Crippen LogP contribution in [-0.4, -0.2) is 18.1 Å². The van der Waals surface area contributed by atoms with Crippen molar-refractivity contribution in [3.63, 3.8) is 0 Å². The molecule has 0 atom stereocenters. The summed E-state index contributed by atoms with van der Waals surface area (Å²) in [6, 6.07) is 4.51. The van der Waals surface area contributed by atoms with Crippen molar-refractivity contribution in [2.45, 2.75) is 6.29 Å². The summed E-state index contributed by atoms with van der Waals surface area (Å²) in [5, 5.41) is 10.8. The van der Waals surface area contributed by atoms with E-state index in [0.717, 1.165) is 0 Å². The van der Waals surface area contributed by atoms with Gasteiger partial charge in [-0.05, 0) is 6.07 Å². The molecule has 6 nitrogen and oxygen atoms in total. The second-order valence-electron chi connectivity index (χ2n) is 3.11. The number of nitrogens with two attached hydrogens (primary N) is 1. The first-order chi connectivity index (χ1) is 7.20. The van der Waals surface area contributed by atoms with E-state index in [1.807, 2.05) is 0 Å². The highest BCUT2D eigenvalue weighted by atomic mass is 16.7. The van der Waals surface area contributed by atoms with Gasteiger partial charge >= 0.3 is 0 Å². The van der Waals surface area contributed by atoms with E-state index < -0.39 is 11.2 Å². The minimum absolute atomic E-state index is 0.0677. The third kappa shape index (κ3) is 1.77.